The Morgan fingerprint density at radius 1 is 1.00 bits per heavy atom. The summed E-state index contributed by atoms with van der Waals surface area (Å²) in [7, 11) is 0. The van der Waals surface area contributed by atoms with Gasteiger partial charge in [0, 0.05) is 17.5 Å². The summed E-state index contributed by atoms with van der Waals surface area (Å²) in [4.78, 5) is 4.71. The molecule has 98 valence electrons. The average molecular weight is 316 g/mol. The normalized spacial score (nSPS) is 10.5. The number of nitrogens with zero attached hydrogens (tertiary/aromatic N) is 2. The number of pyridine rings is 1. The highest BCUT2D eigenvalue weighted by Gasteiger charge is 2.08. The molecule has 2 aromatic heterocycles. The van der Waals surface area contributed by atoms with Crippen LogP contribution in [-0.4, -0.2) is 9.38 Å². The van der Waals surface area contributed by atoms with Gasteiger partial charge < -0.3 is 21.4 Å². The van der Waals surface area contributed by atoms with Crippen molar-refractivity contribution in [2.45, 2.75) is 20.8 Å². The second-order valence-electron chi connectivity index (χ2n) is 4.84. The molecule has 19 heavy (non-hydrogen) atoms. The Morgan fingerprint density at radius 2 is 1.79 bits per heavy atom. The van der Waals surface area contributed by atoms with E-state index in [-0.39, 0.29) is 17.0 Å². The van der Waals surface area contributed by atoms with Gasteiger partial charge in [-0.05, 0) is 44.5 Å². The zero-order chi connectivity index (χ0) is 12.7. The van der Waals surface area contributed by atoms with Crippen molar-refractivity contribution < 1.29 is 17.0 Å². The SMILES string of the molecule is Cc1ccc(C)c(-c2cn3c(C)cccc3n2)c1.[Br-]. The molecule has 0 bridgehead atoms. The molecule has 0 aliphatic carbocycles. The molecule has 2 heterocycles. The summed E-state index contributed by atoms with van der Waals surface area (Å²) in [6, 6.07) is 12.7. The molecular weight excluding hydrogens is 300 g/mol. The predicted molar refractivity (Wildman–Crippen MR) is 74.8 cm³/mol. The third-order valence-electron chi connectivity index (χ3n) is 3.36. The number of hydrogen-bond donors (Lipinski definition) is 0. The maximum absolute atomic E-state index is 4.71. The van der Waals surface area contributed by atoms with Crippen LogP contribution in [-0.2, 0) is 0 Å². The molecule has 3 rings (SSSR count). The Hall–Kier alpha value is -1.61. The Kier molecular flexibility index (Phi) is 3.76. The minimum Gasteiger partial charge on any atom is -1.00 e. The van der Waals surface area contributed by atoms with Crippen molar-refractivity contribution in [2.24, 2.45) is 0 Å². The lowest BCUT2D eigenvalue weighted by Gasteiger charge is -2.03. The van der Waals surface area contributed by atoms with E-state index in [1.54, 1.807) is 0 Å². The van der Waals surface area contributed by atoms with Gasteiger partial charge >= 0.3 is 0 Å². The Bertz CT molecular complexity index is 729. The summed E-state index contributed by atoms with van der Waals surface area (Å²) in [5.74, 6) is 0. The molecule has 0 radical (unpaired) electrons. The maximum Gasteiger partial charge on any atom is 0.137 e. The van der Waals surface area contributed by atoms with Crippen LogP contribution >= 0.6 is 0 Å². The molecule has 2 nitrogen and oxygen atoms in total. The van der Waals surface area contributed by atoms with Crippen LogP contribution in [0.25, 0.3) is 16.9 Å². The molecule has 0 unspecified atom stereocenters. The second-order valence-corrected chi connectivity index (χ2v) is 4.84. The summed E-state index contributed by atoms with van der Waals surface area (Å²) in [6.45, 7) is 6.34. The molecule has 3 heteroatoms. The van der Waals surface area contributed by atoms with Crippen molar-refractivity contribution in [1.82, 2.24) is 9.38 Å². The number of hydrogen-bond acceptors (Lipinski definition) is 1. The first-order chi connectivity index (χ1) is 8.65. The van der Waals surface area contributed by atoms with Gasteiger partial charge in [-0.1, -0.05) is 23.8 Å². The molecule has 0 fully saturated rings. The highest BCUT2D eigenvalue weighted by Crippen LogP contribution is 2.24. The third-order valence-corrected chi connectivity index (χ3v) is 3.36. The second kappa shape index (κ2) is 5.17. The zero-order valence-corrected chi connectivity index (χ0v) is 12.9. The number of benzene rings is 1. The van der Waals surface area contributed by atoms with Crippen molar-refractivity contribution in [1.29, 1.82) is 0 Å². The van der Waals surface area contributed by atoms with Crippen molar-refractivity contribution in [3.8, 4) is 11.3 Å². The van der Waals surface area contributed by atoms with E-state index >= 15 is 0 Å². The summed E-state index contributed by atoms with van der Waals surface area (Å²) >= 11 is 0. The van der Waals surface area contributed by atoms with Crippen LogP contribution in [0, 0.1) is 20.8 Å². The van der Waals surface area contributed by atoms with Crippen LogP contribution in [0.15, 0.2) is 42.6 Å². The number of aromatic nitrogens is 2. The van der Waals surface area contributed by atoms with Gasteiger partial charge in [-0.25, -0.2) is 4.98 Å². The lowest BCUT2D eigenvalue weighted by molar-refractivity contribution is -0.00000393. The molecule has 3 aromatic rings. The van der Waals surface area contributed by atoms with E-state index in [1.165, 1.54) is 22.4 Å². The average Bonchev–Trinajstić information content (AvgIpc) is 2.77. The first kappa shape index (κ1) is 13.8. The fraction of sp³-hybridized carbons (Fsp3) is 0.188. The minimum atomic E-state index is 0. The van der Waals surface area contributed by atoms with E-state index in [4.69, 9.17) is 4.98 Å². The largest absolute Gasteiger partial charge is 1.00 e. The molecule has 0 amide bonds. The smallest absolute Gasteiger partial charge is 0.137 e. The summed E-state index contributed by atoms with van der Waals surface area (Å²) in [5.41, 5.74) is 7.01. The van der Waals surface area contributed by atoms with Crippen molar-refractivity contribution in [3.05, 3.63) is 59.4 Å². The third kappa shape index (κ3) is 2.43. The lowest BCUT2D eigenvalue weighted by Crippen LogP contribution is -3.00. The predicted octanol–water partition coefficient (Wildman–Crippen LogP) is 0.931. The van der Waals surface area contributed by atoms with E-state index < -0.39 is 0 Å². The number of imidazole rings is 1. The van der Waals surface area contributed by atoms with Gasteiger partial charge in [0.2, 0.25) is 0 Å². The minimum absolute atomic E-state index is 0. The molecule has 0 saturated carbocycles. The standard InChI is InChI=1S/C16H16N2.BrH/c1-11-7-8-12(2)14(9-11)15-10-18-13(3)5-4-6-16(18)17-15;/h4-10H,1-3H3;1H/p-1. The van der Waals surface area contributed by atoms with Gasteiger partial charge in [0.1, 0.15) is 5.65 Å². The van der Waals surface area contributed by atoms with Gasteiger partial charge in [-0.2, -0.15) is 0 Å². The lowest BCUT2D eigenvalue weighted by atomic mass is 10.0. The first-order valence-corrected chi connectivity index (χ1v) is 6.17. The molecule has 0 spiro atoms. The number of fused-ring (bicyclic) bond motifs is 1. The highest BCUT2D eigenvalue weighted by molar-refractivity contribution is 5.67. The van der Waals surface area contributed by atoms with E-state index in [2.05, 4.69) is 55.6 Å². The molecule has 0 aliphatic rings. The topological polar surface area (TPSA) is 17.3 Å². The molecule has 0 N–H and O–H groups in total. The van der Waals surface area contributed by atoms with Gasteiger partial charge in [-0.15, -0.1) is 0 Å². The van der Waals surface area contributed by atoms with Crippen LogP contribution in [0.1, 0.15) is 16.8 Å². The monoisotopic (exact) mass is 315 g/mol. The molecule has 0 aliphatic heterocycles. The number of rotatable bonds is 1. The van der Waals surface area contributed by atoms with Gasteiger partial charge in [0.15, 0.2) is 0 Å². The fourth-order valence-electron chi connectivity index (χ4n) is 2.29. The number of halogens is 1. The Morgan fingerprint density at radius 3 is 2.53 bits per heavy atom. The Balaban J connectivity index is 0.00000133. The highest BCUT2D eigenvalue weighted by atomic mass is 79.9. The van der Waals surface area contributed by atoms with E-state index in [0.29, 0.717) is 0 Å². The first-order valence-electron chi connectivity index (χ1n) is 6.17. The molecular formula is C16H16BrN2-. The quantitative estimate of drug-likeness (QED) is 0.653. The van der Waals surface area contributed by atoms with Gasteiger partial charge in [-0.3, -0.25) is 0 Å². The van der Waals surface area contributed by atoms with Crippen molar-refractivity contribution >= 4 is 5.65 Å². The molecule has 1 aromatic carbocycles. The van der Waals surface area contributed by atoms with Crippen LogP contribution in [0.5, 0.6) is 0 Å². The van der Waals surface area contributed by atoms with Crippen molar-refractivity contribution in [2.75, 3.05) is 0 Å². The van der Waals surface area contributed by atoms with E-state index in [0.717, 1.165) is 11.3 Å². The fourth-order valence-corrected chi connectivity index (χ4v) is 2.29. The van der Waals surface area contributed by atoms with E-state index in [9.17, 15) is 0 Å². The Labute approximate surface area is 123 Å². The zero-order valence-electron chi connectivity index (χ0n) is 11.3. The van der Waals surface area contributed by atoms with Crippen LogP contribution in [0.2, 0.25) is 0 Å². The summed E-state index contributed by atoms with van der Waals surface area (Å²) < 4.78 is 2.14. The summed E-state index contributed by atoms with van der Waals surface area (Å²) in [6.07, 6.45) is 2.12. The van der Waals surface area contributed by atoms with Crippen LogP contribution < -0.4 is 17.0 Å². The van der Waals surface area contributed by atoms with Gasteiger partial charge in [0.25, 0.3) is 0 Å². The summed E-state index contributed by atoms with van der Waals surface area (Å²) in [5, 5.41) is 0. The van der Waals surface area contributed by atoms with E-state index in [1.807, 2.05) is 12.1 Å². The van der Waals surface area contributed by atoms with Crippen molar-refractivity contribution in [3.63, 3.8) is 0 Å². The van der Waals surface area contributed by atoms with Crippen LogP contribution in [0.4, 0.5) is 0 Å². The number of aryl methyl sites for hydroxylation is 3. The maximum atomic E-state index is 4.71. The molecule has 0 saturated heterocycles. The van der Waals surface area contributed by atoms with Gasteiger partial charge in [0.05, 0.1) is 5.69 Å². The van der Waals surface area contributed by atoms with Crippen LogP contribution in [0.3, 0.4) is 0 Å². The molecule has 0 atom stereocenters.